The Morgan fingerprint density at radius 3 is 2.50 bits per heavy atom. The summed E-state index contributed by atoms with van der Waals surface area (Å²) in [5.74, 6) is -0.339. The van der Waals surface area contributed by atoms with Crippen LogP contribution in [0, 0.1) is 0 Å². The summed E-state index contributed by atoms with van der Waals surface area (Å²) in [6.07, 6.45) is -0.290. The predicted molar refractivity (Wildman–Crippen MR) is 75.5 cm³/mol. The van der Waals surface area contributed by atoms with Gasteiger partial charge in [-0.2, -0.15) is 8.78 Å². The van der Waals surface area contributed by atoms with E-state index in [-0.39, 0.29) is 12.5 Å². The predicted octanol–water partition coefficient (Wildman–Crippen LogP) is 2.13. The number of amides is 2. The first-order valence-corrected chi connectivity index (χ1v) is 7.30. The zero-order valence-corrected chi connectivity index (χ0v) is 13.4. The molecule has 1 unspecified atom stereocenters. The minimum absolute atomic E-state index is 0.101. The van der Waals surface area contributed by atoms with E-state index in [0.717, 1.165) is 0 Å². The standard InChI is InChI=1S/C14H24F2N2O4/c1-9(17-13(20)22-14(2,3)4)11(19)18-7-5-6-10(8-18)21-12(15)16/h9-10,12H,5-8H2,1-4H3,(H,17,20)/t9-,10?/m1/s1. The summed E-state index contributed by atoms with van der Waals surface area (Å²) in [5, 5.41) is 2.45. The van der Waals surface area contributed by atoms with Crippen LogP contribution in [-0.4, -0.2) is 54.3 Å². The van der Waals surface area contributed by atoms with Crippen LogP contribution in [0.3, 0.4) is 0 Å². The first-order chi connectivity index (χ1) is 10.1. The Hall–Kier alpha value is -1.44. The van der Waals surface area contributed by atoms with Crippen molar-refractivity contribution in [2.24, 2.45) is 0 Å². The highest BCUT2D eigenvalue weighted by Crippen LogP contribution is 2.16. The van der Waals surface area contributed by atoms with E-state index in [1.165, 1.54) is 11.8 Å². The summed E-state index contributed by atoms with van der Waals surface area (Å²) >= 11 is 0. The number of hydrogen-bond donors (Lipinski definition) is 1. The van der Waals surface area contributed by atoms with Gasteiger partial charge in [0.05, 0.1) is 6.10 Å². The highest BCUT2D eigenvalue weighted by molar-refractivity contribution is 5.85. The second kappa shape index (κ2) is 7.71. The first-order valence-electron chi connectivity index (χ1n) is 7.30. The molecule has 0 aromatic carbocycles. The molecule has 0 saturated carbocycles. The maximum Gasteiger partial charge on any atom is 0.408 e. The molecule has 1 fully saturated rings. The van der Waals surface area contributed by atoms with Crippen molar-refractivity contribution in [3.05, 3.63) is 0 Å². The molecule has 1 heterocycles. The molecule has 22 heavy (non-hydrogen) atoms. The van der Waals surface area contributed by atoms with Gasteiger partial charge in [0.2, 0.25) is 5.91 Å². The Morgan fingerprint density at radius 1 is 1.32 bits per heavy atom. The molecule has 0 aliphatic carbocycles. The Bertz CT molecular complexity index is 399. The fourth-order valence-electron chi connectivity index (χ4n) is 2.21. The van der Waals surface area contributed by atoms with Crippen molar-refractivity contribution < 1.29 is 27.8 Å². The number of hydrogen-bond acceptors (Lipinski definition) is 4. The second-order valence-corrected chi connectivity index (χ2v) is 6.31. The lowest BCUT2D eigenvalue weighted by Gasteiger charge is -2.34. The lowest BCUT2D eigenvalue weighted by Crippen LogP contribution is -2.52. The first kappa shape index (κ1) is 18.6. The summed E-state index contributed by atoms with van der Waals surface area (Å²) in [5.41, 5.74) is -0.659. The Kier molecular flexibility index (Phi) is 6.52. The third kappa shape index (κ3) is 6.55. The molecule has 0 radical (unpaired) electrons. The Balaban J connectivity index is 2.50. The summed E-state index contributed by atoms with van der Waals surface area (Å²) < 4.78 is 34.0. The van der Waals surface area contributed by atoms with Crippen LogP contribution in [0.4, 0.5) is 13.6 Å². The fourth-order valence-corrected chi connectivity index (χ4v) is 2.21. The van der Waals surface area contributed by atoms with Gasteiger partial charge in [-0.05, 0) is 40.5 Å². The molecule has 8 heteroatoms. The van der Waals surface area contributed by atoms with Crippen molar-refractivity contribution >= 4 is 12.0 Å². The van der Waals surface area contributed by atoms with Gasteiger partial charge in [-0.15, -0.1) is 0 Å². The molecular weight excluding hydrogens is 298 g/mol. The van der Waals surface area contributed by atoms with E-state index in [0.29, 0.717) is 19.4 Å². The number of carbonyl (C=O) groups is 2. The van der Waals surface area contributed by atoms with Crippen molar-refractivity contribution in [2.45, 2.75) is 64.9 Å². The van der Waals surface area contributed by atoms with Crippen molar-refractivity contribution in [1.82, 2.24) is 10.2 Å². The third-order valence-electron chi connectivity index (χ3n) is 3.09. The largest absolute Gasteiger partial charge is 0.444 e. The van der Waals surface area contributed by atoms with E-state index in [4.69, 9.17) is 4.74 Å². The quantitative estimate of drug-likeness (QED) is 0.861. The van der Waals surface area contributed by atoms with E-state index >= 15 is 0 Å². The molecule has 1 aliphatic heterocycles. The molecule has 0 aromatic rings. The van der Waals surface area contributed by atoms with Gasteiger partial charge in [-0.1, -0.05) is 0 Å². The van der Waals surface area contributed by atoms with E-state index in [9.17, 15) is 18.4 Å². The third-order valence-corrected chi connectivity index (χ3v) is 3.09. The van der Waals surface area contributed by atoms with Crippen LogP contribution in [0.25, 0.3) is 0 Å². The number of ether oxygens (including phenoxy) is 2. The van der Waals surface area contributed by atoms with E-state index in [1.54, 1.807) is 20.8 Å². The maximum atomic E-state index is 12.2. The van der Waals surface area contributed by atoms with Crippen LogP contribution in [0.1, 0.15) is 40.5 Å². The lowest BCUT2D eigenvalue weighted by atomic mass is 10.1. The molecule has 0 bridgehead atoms. The van der Waals surface area contributed by atoms with Gasteiger partial charge in [-0.3, -0.25) is 4.79 Å². The number of carbonyl (C=O) groups excluding carboxylic acids is 2. The van der Waals surface area contributed by atoms with Gasteiger partial charge in [0, 0.05) is 13.1 Å². The molecule has 0 aromatic heterocycles. The van der Waals surface area contributed by atoms with Crippen LogP contribution in [0.5, 0.6) is 0 Å². The average Bonchev–Trinajstić information content (AvgIpc) is 2.34. The molecule has 1 saturated heterocycles. The molecule has 6 nitrogen and oxygen atoms in total. The van der Waals surface area contributed by atoms with E-state index in [1.807, 2.05) is 0 Å². The molecule has 1 N–H and O–H groups in total. The van der Waals surface area contributed by atoms with Crippen LogP contribution >= 0.6 is 0 Å². The van der Waals surface area contributed by atoms with Crippen molar-refractivity contribution in [1.29, 1.82) is 0 Å². The van der Waals surface area contributed by atoms with Crippen LogP contribution < -0.4 is 5.32 Å². The van der Waals surface area contributed by atoms with Gasteiger partial charge in [-0.25, -0.2) is 4.79 Å². The van der Waals surface area contributed by atoms with Crippen LogP contribution in [-0.2, 0) is 14.3 Å². The van der Waals surface area contributed by atoms with Crippen molar-refractivity contribution in [3.63, 3.8) is 0 Å². The molecule has 0 spiro atoms. The lowest BCUT2D eigenvalue weighted by molar-refractivity contribution is -0.177. The van der Waals surface area contributed by atoms with Crippen LogP contribution in [0.2, 0.25) is 0 Å². The molecular formula is C14H24F2N2O4. The fraction of sp³-hybridized carbons (Fsp3) is 0.857. The van der Waals surface area contributed by atoms with Crippen molar-refractivity contribution in [3.8, 4) is 0 Å². The molecule has 1 aliphatic rings. The number of piperidine rings is 1. The van der Waals surface area contributed by atoms with Gasteiger partial charge in [0.1, 0.15) is 11.6 Å². The Labute approximate surface area is 129 Å². The monoisotopic (exact) mass is 322 g/mol. The van der Waals surface area contributed by atoms with Crippen LogP contribution in [0.15, 0.2) is 0 Å². The smallest absolute Gasteiger partial charge is 0.408 e. The normalized spacial score (nSPS) is 20.7. The molecule has 1 rings (SSSR count). The van der Waals surface area contributed by atoms with Gasteiger partial charge in [0.25, 0.3) is 0 Å². The van der Waals surface area contributed by atoms with Crippen molar-refractivity contribution in [2.75, 3.05) is 13.1 Å². The number of nitrogens with one attached hydrogen (secondary N) is 1. The molecule has 2 amide bonds. The highest BCUT2D eigenvalue weighted by Gasteiger charge is 2.30. The number of alkyl carbamates (subject to hydrolysis) is 1. The number of alkyl halides is 2. The maximum absolute atomic E-state index is 12.2. The SMILES string of the molecule is C[C@@H](NC(=O)OC(C)(C)C)C(=O)N1CCCC(OC(F)F)C1. The van der Waals surface area contributed by atoms with Gasteiger partial charge >= 0.3 is 12.7 Å². The molecule has 128 valence electrons. The topological polar surface area (TPSA) is 67.9 Å². The number of rotatable bonds is 4. The number of nitrogens with zero attached hydrogens (tertiary/aromatic N) is 1. The van der Waals surface area contributed by atoms with E-state index in [2.05, 4.69) is 10.1 Å². The van der Waals surface area contributed by atoms with Gasteiger partial charge < -0.3 is 19.7 Å². The summed E-state index contributed by atoms with van der Waals surface area (Å²) in [4.78, 5) is 25.3. The molecule has 2 atom stereocenters. The number of likely N-dealkylation sites (tertiary alicyclic amines) is 1. The summed E-state index contributed by atoms with van der Waals surface area (Å²) in [6.45, 7) is 4.40. The number of halogens is 2. The zero-order chi connectivity index (χ0) is 16.9. The minimum atomic E-state index is -2.85. The zero-order valence-electron chi connectivity index (χ0n) is 13.4. The van der Waals surface area contributed by atoms with Gasteiger partial charge in [0.15, 0.2) is 0 Å². The van der Waals surface area contributed by atoms with E-state index < -0.39 is 30.5 Å². The Morgan fingerprint density at radius 2 is 1.95 bits per heavy atom. The minimum Gasteiger partial charge on any atom is -0.444 e. The summed E-state index contributed by atoms with van der Waals surface area (Å²) in [7, 11) is 0. The second-order valence-electron chi connectivity index (χ2n) is 6.31. The highest BCUT2D eigenvalue weighted by atomic mass is 19.3. The average molecular weight is 322 g/mol. The summed E-state index contributed by atoms with van der Waals surface area (Å²) in [6, 6.07) is -0.792.